The number of carboxylic acids is 1. The maximum Gasteiger partial charge on any atom is 0.310 e. The molecule has 2 aromatic carbocycles. The van der Waals surface area contributed by atoms with E-state index in [2.05, 4.69) is 68.9 Å². The molecule has 2 aliphatic rings. The minimum atomic E-state index is -0.896. The van der Waals surface area contributed by atoms with Gasteiger partial charge < -0.3 is 19.8 Å². The molecule has 9 nitrogen and oxygen atoms in total. The molecule has 0 aliphatic carbocycles. The van der Waals surface area contributed by atoms with Gasteiger partial charge in [0.25, 0.3) is 0 Å². The number of carbonyl (C=O) groups is 3. The summed E-state index contributed by atoms with van der Waals surface area (Å²) in [6, 6.07) is 20.6. The molecule has 262 valence electrons. The quantitative estimate of drug-likeness (QED) is 0.169. The lowest BCUT2D eigenvalue weighted by Gasteiger charge is -2.38. The van der Waals surface area contributed by atoms with Crippen molar-refractivity contribution in [1.82, 2.24) is 14.9 Å². The standard InChI is InChI=1S/C40H47N5O4S/c1-40(2,3)36-15-14-35(50-36)34(46)21-30(38(47)45-24-31(25-45)39(48)49)20-26-6-8-29(9-7-26)37-41-22-33(23-42-37)44-18-16-28(17-19-44)27-10-12-32(13-11-27)43(4)5/h6-15,22-23,28,30-31H,16-21,24-25H2,1-5H3,(H,48,49). The van der Waals surface area contributed by atoms with Crippen LogP contribution in [-0.4, -0.2) is 77.9 Å². The Kier molecular flexibility index (Phi) is 10.4. The van der Waals surface area contributed by atoms with E-state index in [-0.39, 0.29) is 36.6 Å². The molecule has 6 rings (SSSR count). The molecule has 0 bridgehead atoms. The molecule has 0 saturated carbocycles. The van der Waals surface area contributed by atoms with Crippen molar-refractivity contribution in [2.24, 2.45) is 11.8 Å². The predicted octanol–water partition coefficient (Wildman–Crippen LogP) is 6.93. The van der Waals surface area contributed by atoms with E-state index < -0.39 is 17.8 Å². The van der Waals surface area contributed by atoms with Crippen molar-refractivity contribution < 1.29 is 19.5 Å². The summed E-state index contributed by atoms with van der Waals surface area (Å²) in [5.41, 5.74) is 5.37. The number of nitrogens with zero attached hydrogens (tertiary/aromatic N) is 5. The number of hydrogen-bond acceptors (Lipinski definition) is 8. The summed E-state index contributed by atoms with van der Waals surface area (Å²) in [6.07, 6.45) is 6.42. The van der Waals surface area contributed by atoms with Crippen LogP contribution in [-0.2, 0) is 21.4 Å². The van der Waals surface area contributed by atoms with Gasteiger partial charge in [-0.1, -0.05) is 57.2 Å². The van der Waals surface area contributed by atoms with Crippen LogP contribution in [0.3, 0.4) is 0 Å². The highest BCUT2D eigenvalue weighted by Gasteiger charge is 2.39. The summed E-state index contributed by atoms with van der Waals surface area (Å²) < 4.78 is 0. The van der Waals surface area contributed by atoms with Crippen molar-refractivity contribution in [3.63, 3.8) is 0 Å². The van der Waals surface area contributed by atoms with Crippen molar-refractivity contribution in [2.45, 2.75) is 57.8 Å². The first kappa shape index (κ1) is 35.3. The van der Waals surface area contributed by atoms with Crippen LogP contribution >= 0.6 is 11.3 Å². The van der Waals surface area contributed by atoms with E-state index in [0.29, 0.717) is 23.0 Å². The summed E-state index contributed by atoms with van der Waals surface area (Å²) >= 11 is 1.48. The minimum Gasteiger partial charge on any atom is -0.481 e. The number of likely N-dealkylation sites (tertiary alicyclic amines) is 1. The lowest BCUT2D eigenvalue weighted by molar-refractivity contribution is -0.154. The Morgan fingerprint density at radius 2 is 1.56 bits per heavy atom. The Labute approximate surface area is 299 Å². The number of Topliss-reactive ketones (excluding diaryl/α,β-unsaturated/α-hetero) is 1. The maximum absolute atomic E-state index is 13.6. The van der Waals surface area contributed by atoms with E-state index in [1.807, 2.05) is 48.8 Å². The van der Waals surface area contributed by atoms with Crippen LogP contribution < -0.4 is 9.80 Å². The zero-order chi connectivity index (χ0) is 35.6. The number of rotatable bonds is 11. The van der Waals surface area contributed by atoms with Crippen molar-refractivity contribution in [3.05, 3.63) is 93.9 Å². The third kappa shape index (κ3) is 8.07. The third-order valence-corrected chi connectivity index (χ3v) is 11.6. The number of hydrogen-bond donors (Lipinski definition) is 1. The lowest BCUT2D eigenvalue weighted by atomic mass is 9.89. The topological polar surface area (TPSA) is 107 Å². The van der Waals surface area contributed by atoms with Gasteiger partial charge in [-0.2, -0.15) is 0 Å². The van der Waals surface area contributed by atoms with Crippen LogP contribution in [0.25, 0.3) is 11.4 Å². The van der Waals surface area contributed by atoms with Gasteiger partial charge in [-0.05, 0) is 66.0 Å². The van der Waals surface area contributed by atoms with Crippen molar-refractivity contribution >= 4 is 40.4 Å². The van der Waals surface area contributed by atoms with Gasteiger partial charge in [0, 0.05) is 68.7 Å². The van der Waals surface area contributed by atoms with Gasteiger partial charge in [-0.3, -0.25) is 14.4 Å². The van der Waals surface area contributed by atoms with E-state index in [9.17, 15) is 19.5 Å². The second-order valence-electron chi connectivity index (χ2n) is 14.9. The molecule has 0 radical (unpaired) electrons. The fourth-order valence-electron chi connectivity index (χ4n) is 6.76. The molecule has 2 saturated heterocycles. The number of aromatic nitrogens is 2. The normalized spacial score (nSPS) is 16.2. The Morgan fingerprint density at radius 1 is 0.920 bits per heavy atom. The number of ketones is 1. The average molecular weight is 694 g/mol. The number of amides is 1. The molecule has 1 atom stereocenters. The van der Waals surface area contributed by atoms with E-state index in [0.717, 1.165) is 47.6 Å². The average Bonchev–Trinajstić information content (AvgIpc) is 3.60. The molecule has 0 spiro atoms. The highest BCUT2D eigenvalue weighted by Crippen LogP contribution is 2.33. The molecule has 4 heterocycles. The Balaban J connectivity index is 1.08. The van der Waals surface area contributed by atoms with Crippen LogP contribution in [0.1, 0.15) is 71.6 Å². The number of aliphatic carboxylic acids is 1. The van der Waals surface area contributed by atoms with Gasteiger partial charge in [0.15, 0.2) is 11.6 Å². The first-order valence-electron chi connectivity index (χ1n) is 17.4. The molecule has 1 unspecified atom stereocenters. The van der Waals surface area contributed by atoms with E-state index in [4.69, 9.17) is 9.97 Å². The number of carbonyl (C=O) groups excluding carboxylic acids is 2. The molecular weight excluding hydrogens is 647 g/mol. The number of benzene rings is 2. The zero-order valence-electron chi connectivity index (χ0n) is 29.6. The molecule has 10 heteroatoms. The second kappa shape index (κ2) is 14.7. The molecule has 1 N–H and O–H groups in total. The van der Waals surface area contributed by atoms with Gasteiger partial charge >= 0.3 is 5.97 Å². The van der Waals surface area contributed by atoms with Crippen LogP contribution in [0, 0.1) is 11.8 Å². The second-order valence-corrected chi connectivity index (χ2v) is 16.0. The first-order chi connectivity index (χ1) is 23.9. The number of piperidine rings is 1. The van der Waals surface area contributed by atoms with E-state index >= 15 is 0 Å². The highest BCUT2D eigenvalue weighted by atomic mass is 32.1. The Hall–Kier alpha value is -4.57. The first-order valence-corrected chi connectivity index (χ1v) is 18.3. The summed E-state index contributed by atoms with van der Waals surface area (Å²) in [7, 11) is 4.12. The molecule has 2 aromatic heterocycles. The lowest BCUT2D eigenvalue weighted by Crippen LogP contribution is -2.55. The van der Waals surface area contributed by atoms with Crippen molar-refractivity contribution in [2.75, 3.05) is 50.1 Å². The Morgan fingerprint density at radius 3 is 2.12 bits per heavy atom. The van der Waals surface area contributed by atoms with Gasteiger partial charge in [0.1, 0.15) is 0 Å². The number of thiophene rings is 1. The minimum absolute atomic E-state index is 0.0628. The summed E-state index contributed by atoms with van der Waals surface area (Å²) in [5, 5.41) is 9.33. The van der Waals surface area contributed by atoms with E-state index in [1.54, 1.807) is 4.90 Å². The van der Waals surface area contributed by atoms with Crippen LogP contribution in [0.15, 0.2) is 73.1 Å². The number of carboxylic acid groups (broad SMARTS) is 1. The molecule has 50 heavy (non-hydrogen) atoms. The Bertz CT molecular complexity index is 1800. The third-order valence-electron chi connectivity index (χ3n) is 10.0. The summed E-state index contributed by atoms with van der Waals surface area (Å²) in [6.45, 7) is 8.62. The van der Waals surface area contributed by atoms with Gasteiger partial charge in [-0.25, -0.2) is 9.97 Å². The monoisotopic (exact) mass is 693 g/mol. The van der Waals surface area contributed by atoms with Gasteiger partial charge in [0.05, 0.1) is 28.9 Å². The molecular formula is C40H47N5O4S. The smallest absolute Gasteiger partial charge is 0.310 e. The van der Waals surface area contributed by atoms with Crippen LogP contribution in [0.4, 0.5) is 11.4 Å². The van der Waals surface area contributed by atoms with E-state index in [1.165, 1.54) is 22.6 Å². The fraction of sp³-hybridized carbons (Fsp3) is 0.425. The van der Waals surface area contributed by atoms with Crippen LogP contribution in [0.2, 0.25) is 0 Å². The summed E-state index contributed by atoms with van der Waals surface area (Å²) in [4.78, 5) is 55.6. The van der Waals surface area contributed by atoms with Crippen LogP contribution in [0.5, 0.6) is 0 Å². The van der Waals surface area contributed by atoms with Crippen molar-refractivity contribution in [1.29, 1.82) is 0 Å². The molecule has 1 amide bonds. The largest absolute Gasteiger partial charge is 0.481 e. The number of anilines is 2. The molecule has 4 aromatic rings. The zero-order valence-corrected chi connectivity index (χ0v) is 30.4. The molecule has 2 fully saturated rings. The highest BCUT2D eigenvalue weighted by molar-refractivity contribution is 7.14. The predicted molar refractivity (Wildman–Crippen MR) is 199 cm³/mol. The summed E-state index contributed by atoms with van der Waals surface area (Å²) in [5.74, 6) is -1.08. The molecule has 2 aliphatic heterocycles. The SMILES string of the molecule is CN(C)c1ccc(C2CCN(c3cnc(-c4ccc(CC(CC(=O)c5ccc(C(C)(C)C)s5)C(=O)N5CC(C(=O)O)C5)cc4)nc3)CC2)cc1. The van der Waals surface area contributed by atoms with Gasteiger partial charge in [-0.15, -0.1) is 11.3 Å². The van der Waals surface area contributed by atoms with Crippen molar-refractivity contribution in [3.8, 4) is 11.4 Å². The maximum atomic E-state index is 13.6. The fourth-order valence-corrected chi connectivity index (χ4v) is 7.77. The van der Waals surface area contributed by atoms with Gasteiger partial charge in [0.2, 0.25) is 5.91 Å².